The van der Waals surface area contributed by atoms with Crippen LogP contribution in [0.25, 0.3) is 0 Å². The van der Waals surface area contributed by atoms with Crippen molar-refractivity contribution in [2.24, 2.45) is 0 Å². The van der Waals surface area contributed by atoms with Crippen molar-refractivity contribution in [1.82, 2.24) is 10.6 Å². The molecule has 1 rings (SSSR count). The van der Waals surface area contributed by atoms with Gasteiger partial charge in [-0.15, -0.1) is 6.42 Å². The van der Waals surface area contributed by atoms with Crippen molar-refractivity contribution in [3.63, 3.8) is 0 Å². The van der Waals surface area contributed by atoms with Gasteiger partial charge in [-0.25, -0.2) is 4.79 Å². The Kier molecular flexibility index (Phi) is 3.96. The maximum Gasteiger partial charge on any atom is 0.316 e. The average Bonchev–Trinajstić information content (AvgIpc) is 2.27. The Labute approximate surface area is 96.2 Å². The molecule has 1 aromatic rings. The third kappa shape index (κ3) is 4.05. The molecule has 0 fully saturated rings. The first-order valence-corrected chi connectivity index (χ1v) is 5.11. The third-order valence-corrected chi connectivity index (χ3v) is 2.08. The second-order valence-electron chi connectivity index (χ2n) is 4.06. The predicted octanol–water partition coefficient (Wildman–Crippen LogP) is 1.90. The van der Waals surface area contributed by atoms with E-state index in [-0.39, 0.29) is 6.03 Å². The number of benzene rings is 1. The van der Waals surface area contributed by atoms with Crippen LogP contribution in [0.4, 0.5) is 4.79 Å². The fourth-order valence-electron chi connectivity index (χ4n) is 1.14. The van der Waals surface area contributed by atoms with E-state index in [4.69, 9.17) is 6.42 Å². The number of terminal acetylenes is 1. The molecule has 2 amide bonds. The van der Waals surface area contributed by atoms with Gasteiger partial charge in [0.05, 0.1) is 5.54 Å². The first-order valence-electron chi connectivity index (χ1n) is 5.11. The summed E-state index contributed by atoms with van der Waals surface area (Å²) in [4.78, 5) is 11.5. The van der Waals surface area contributed by atoms with Crippen LogP contribution in [-0.4, -0.2) is 11.6 Å². The van der Waals surface area contributed by atoms with Gasteiger partial charge in [-0.05, 0) is 19.4 Å². The molecule has 16 heavy (non-hydrogen) atoms. The molecule has 0 radical (unpaired) electrons. The zero-order valence-corrected chi connectivity index (χ0v) is 9.58. The number of carbonyl (C=O) groups excluding carboxylic acids is 1. The minimum Gasteiger partial charge on any atom is -0.334 e. The lowest BCUT2D eigenvalue weighted by molar-refractivity contribution is 0.235. The average molecular weight is 216 g/mol. The van der Waals surface area contributed by atoms with Crippen molar-refractivity contribution < 1.29 is 4.79 Å². The molecular formula is C13H16N2O. The van der Waals surface area contributed by atoms with Gasteiger partial charge in [0, 0.05) is 6.54 Å². The molecule has 0 bridgehead atoms. The van der Waals surface area contributed by atoms with E-state index in [0.29, 0.717) is 6.54 Å². The maximum absolute atomic E-state index is 11.5. The van der Waals surface area contributed by atoms with Gasteiger partial charge in [0.25, 0.3) is 0 Å². The van der Waals surface area contributed by atoms with Crippen molar-refractivity contribution in [3.05, 3.63) is 35.9 Å². The van der Waals surface area contributed by atoms with Gasteiger partial charge in [0.15, 0.2) is 0 Å². The minimum atomic E-state index is -0.624. The van der Waals surface area contributed by atoms with Gasteiger partial charge in [-0.3, -0.25) is 0 Å². The smallest absolute Gasteiger partial charge is 0.316 e. The second-order valence-corrected chi connectivity index (χ2v) is 4.06. The SMILES string of the molecule is C#CC(C)(C)NC(=O)NCc1ccccc1. The first-order chi connectivity index (χ1) is 7.53. The van der Waals surface area contributed by atoms with E-state index >= 15 is 0 Å². The number of hydrogen-bond acceptors (Lipinski definition) is 1. The molecule has 0 aromatic heterocycles. The van der Waals surface area contributed by atoms with Gasteiger partial charge in [-0.1, -0.05) is 36.3 Å². The van der Waals surface area contributed by atoms with Crippen LogP contribution < -0.4 is 10.6 Å². The normalized spacial score (nSPS) is 10.3. The van der Waals surface area contributed by atoms with Crippen molar-refractivity contribution in [1.29, 1.82) is 0 Å². The number of rotatable bonds is 3. The number of urea groups is 1. The first kappa shape index (κ1) is 12.1. The summed E-state index contributed by atoms with van der Waals surface area (Å²) in [5.74, 6) is 2.50. The van der Waals surface area contributed by atoms with Crippen LogP contribution in [0.15, 0.2) is 30.3 Å². The highest BCUT2D eigenvalue weighted by Gasteiger charge is 2.16. The lowest BCUT2D eigenvalue weighted by atomic mass is 10.1. The molecule has 0 aliphatic heterocycles. The molecule has 0 atom stereocenters. The molecule has 0 heterocycles. The summed E-state index contributed by atoms with van der Waals surface area (Å²) in [6.45, 7) is 4.04. The topological polar surface area (TPSA) is 41.1 Å². The molecule has 2 N–H and O–H groups in total. The lowest BCUT2D eigenvalue weighted by Crippen LogP contribution is -2.47. The van der Waals surface area contributed by atoms with E-state index < -0.39 is 5.54 Å². The van der Waals surface area contributed by atoms with E-state index in [0.717, 1.165) is 5.56 Å². The van der Waals surface area contributed by atoms with E-state index in [1.54, 1.807) is 13.8 Å². The van der Waals surface area contributed by atoms with Gasteiger partial charge in [-0.2, -0.15) is 0 Å². The molecule has 0 aliphatic rings. The standard InChI is InChI=1S/C13H16N2O/c1-4-13(2,3)15-12(16)14-10-11-8-6-5-7-9-11/h1,5-9H,10H2,2-3H3,(H2,14,15,16). The Morgan fingerprint density at radius 3 is 2.56 bits per heavy atom. The van der Waals surface area contributed by atoms with E-state index in [2.05, 4.69) is 16.6 Å². The van der Waals surface area contributed by atoms with Crippen LogP contribution in [0.3, 0.4) is 0 Å². The molecule has 0 aliphatic carbocycles. The van der Waals surface area contributed by atoms with Crippen molar-refractivity contribution >= 4 is 6.03 Å². The van der Waals surface area contributed by atoms with Crippen LogP contribution >= 0.6 is 0 Å². The summed E-state index contributed by atoms with van der Waals surface area (Å²) in [6, 6.07) is 9.44. The zero-order valence-electron chi connectivity index (χ0n) is 9.58. The number of carbonyl (C=O) groups is 1. The molecule has 3 heteroatoms. The number of nitrogens with one attached hydrogen (secondary N) is 2. The van der Waals surface area contributed by atoms with Crippen LogP contribution in [-0.2, 0) is 6.54 Å². The summed E-state index contributed by atoms with van der Waals surface area (Å²) in [7, 11) is 0. The summed E-state index contributed by atoms with van der Waals surface area (Å²) < 4.78 is 0. The zero-order chi connectivity index (χ0) is 12.0. The molecule has 3 nitrogen and oxygen atoms in total. The molecule has 0 saturated carbocycles. The Hall–Kier alpha value is -1.95. The highest BCUT2D eigenvalue weighted by Crippen LogP contribution is 1.99. The summed E-state index contributed by atoms with van der Waals surface area (Å²) in [5, 5.41) is 5.43. The van der Waals surface area contributed by atoms with Crippen LogP contribution in [0.5, 0.6) is 0 Å². The van der Waals surface area contributed by atoms with E-state index in [1.807, 2.05) is 30.3 Å². The van der Waals surface area contributed by atoms with Crippen molar-refractivity contribution in [2.45, 2.75) is 25.9 Å². The Morgan fingerprint density at radius 2 is 2.00 bits per heavy atom. The number of amides is 2. The fourth-order valence-corrected chi connectivity index (χ4v) is 1.14. The molecule has 84 valence electrons. The van der Waals surface area contributed by atoms with Gasteiger partial charge in [0.2, 0.25) is 0 Å². The monoisotopic (exact) mass is 216 g/mol. The van der Waals surface area contributed by atoms with Gasteiger partial charge in [0.1, 0.15) is 0 Å². The Balaban J connectivity index is 2.40. The molecular weight excluding hydrogens is 200 g/mol. The second kappa shape index (κ2) is 5.22. The Morgan fingerprint density at radius 1 is 1.38 bits per heavy atom. The summed E-state index contributed by atoms with van der Waals surface area (Å²) in [6.07, 6.45) is 5.27. The highest BCUT2D eigenvalue weighted by atomic mass is 16.2. The summed E-state index contributed by atoms with van der Waals surface area (Å²) in [5.41, 5.74) is 0.428. The highest BCUT2D eigenvalue weighted by molar-refractivity contribution is 5.75. The largest absolute Gasteiger partial charge is 0.334 e. The van der Waals surface area contributed by atoms with Gasteiger partial charge < -0.3 is 10.6 Å². The van der Waals surface area contributed by atoms with Gasteiger partial charge >= 0.3 is 6.03 Å². The van der Waals surface area contributed by atoms with Crippen LogP contribution in [0.1, 0.15) is 19.4 Å². The van der Waals surface area contributed by atoms with Crippen molar-refractivity contribution in [2.75, 3.05) is 0 Å². The van der Waals surface area contributed by atoms with Crippen LogP contribution in [0.2, 0.25) is 0 Å². The predicted molar refractivity (Wildman–Crippen MR) is 64.7 cm³/mol. The Bertz CT molecular complexity index is 390. The van der Waals surface area contributed by atoms with E-state index in [9.17, 15) is 4.79 Å². The third-order valence-electron chi connectivity index (χ3n) is 2.08. The lowest BCUT2D eigenvalue weighted by Gasteiger charge is -2.19. The molecule has 0 saturated heterocycles. The van der Waals surface area contributed by atoms with E-state index in [1.165, 1.54) is 0 Å². The number of hydrogen-bond donors (Lipinski definition) is 2. The van der Waals surface area contributed by atoms with Crippen LogP contribution in [0, 0.1) is 12.3 Å². The molecule has 0 spiro atoms. The minimum absolute atomic E-state index is 0.258. The maximum atomic E-state index is 11.5. The van der Waals surface area contributed by atoms with Crippen molar-refractivity contribution in [3.8, 4) is 12.3 Å². The molecule has 1 aromatic carbocycles. The summed E-state index contributed by atoms with van der Waals surface area (Å²) >= 11 is 0. The molecule has 0 unspecified atom stereocenters. The fraction of sp³-hybridized carbons (Fsp3) is 0.308. The quantitative estimate of drug-likeness (QED) is 0.744.